The van der Waals surface area contributed by atoms with E-state index in [9.17, 15) is 0 Å². The van der Waals surface area contributed by atoms with E-state index in [1.807, 2.05) is 0 Å². The van der Waals surface area contributed by atoms with Crippen LogP contribution in [0.15, 0.2) is 0 Å². The number of hydrogen-bond acceptors (Lipinski definition) is 4. The first-order valence-corrected chi connectivity index (χ1v) is 3.17. The molecule has 0 radical (unpaired) electrons. The van der Waals surface area contributed by atoms with Crippen LogP contribution in [-0.2, 0) is 0 Å². The van der Waals surface area contributed by atoms with E-state index in [-0.39, 0.29) is 6.04 Å². The maximum atomic E-state index is 5.49. The molecule has 0 spiro atoms. The van der Waals surface area contributed by atoms with Gasteiger partial charge >= 0.3 is 0 Å². The van der Waals surface area contributed by atoms with Crippen LogP contribution in [0.5, 0.6) is 0 Å². The average Bonchev–Trinajstić information content (AvgIpc) is 1.89. The lowest BCUT2D eigenvalue weighted by molar-refractivity contribution is 0.587. The first-order chi connectivity index (χ1) is 4.31. The zero-order chi connectivity index (χ0) is 7.11. The molecule has 1 atom stereocenters. The van der Waals surface area contributed by atoms with Crippen LogP contribution in [0.2, 0.25) is 0 Å². The van der Waals surface area contributed by atoms with Crippen LogP contribution < -0.4 is 22.5 Å². The number of hydrogen-bond donors (Lipinski definition) is 4. The fourth-order valence-electron chi connectivity index (χ4n) is 0.473. The van der Waals surface area contributed by atoms with Crippen LogP contribution in [0.25, 0.3) is 0 Å². The van der Waals surface area contributed by atoms with E-state index in [2.05, 4.69) is 5.32 Å². The highest BCUT2D eigenvalue weighted by Crippen LogP contribution is 1.67. The Balaban J connectivity index is 2.88. The van der Waals surface area contributed by atoms with Crippen molar-refractivity contribution in [1.82, 2.24) is 5.32 Å². The highest BCUT2D eigenvalue weighted by molar-refractivity contribution is 4.64. The van der Waals surface area contributed by atoms with Gasteiger partial charge in [0.2, 0.25) is 0 Å². The van der Waals surface area contributed by atoms with E-state index in [0.29, 0.717) is 13.1 Å². The van der Waals surface area contributed by atoms with Gasteiger partial charge in [-0.05, 0) is 0 Å². The number of nitrogens with one attached hydrogen (secondary N) is 1. The molecule has 0 saturated carbocycles. The summed E-state index contributed by atoms with van der Waals surface area (Å²) in [5, 5.41) is 3.06. The van der Waals surface area contributed by atoms with Gasteiger partial charge in [0.05, 0.1) is 0 Å². The minimum absolute atomic E-state index is 0.0662. The highest BCUT2D eigenvalue weighted by atomic mass is 14.9. The molecule has 0 amide bonds. The van der Waals surface area contributed by atoms with Gasteiger partial charge in [0.25, 0.3) is 0 Å². The molecule has 0 saturated heterocycles. The predicted molar refractivity (Wildman–Crippen MR) is 39.0 cm³/mol. The molecular weight excluding hydrogens is 116 g/mol. The van der Waals surface area contributed by atoms with Gasteiger partial charge in [0.15, 0.2) is 0 Å². The van der Waals surface area contributed by atoms with Gasteiger partial charge in [0.1, 0.15) is 0 Å². The lowest BCUT2D eigenvalue weighted by Crippen LogP contribution is -2.40. The molecule has 0 aliphatic rings. The molecule has 7 N–H and O–H groups in total. The fraction of sp³-hybridized carbons (Fsp3) is 1.00. The normalized spacial score (nSPS) is 13.7. The Morgan fingerprint density at radius 1 is 1.33 bits per heavy atom. The molecule has 0 aromatic carbocycles. The third-order valence-corrected chi connectivity index (χ3v) is 1.03. The zero-order valence-corrected chi connectivity index (χ0v) is 5.64. The summed E-state index contributed by atoms with van der Waals surface area (Å²) in [5.74, 6) is 0. The van der Waals surface area contributed by atoms with Gasteiger partial charge in [-0.2, -0.15) is 0 Å². The van der Waals surface area contributed by atoms with Gasteiger partial charge in [-0.1, -0.05) is 0 Å². The standard InChI is InChI=1S/C5H16N4/c6-1-2-9-4-5(8)3-7/h5,9H,1-4,6-8H2. The second-order valence-corrected chi connectivity index (χ2v) is 1.99. The van der Waals surface area contributed by atoms with Crippen molar-refractivity contribution in [3.8, 4) is 0 Å². The van der Waals surface area contributed by atoms with E-state index >= 15 is 0 Å². The summed E-state index contributed by atoms with van der Waals surface area (Å²) in [6.45, 7) is 2.75. The van der Waals surface area contributed by atoms with Crippen LogP contribution in [0, 0.1) is 0 Å². The zero-order valence-electron chi connectivity index (χ0n) is 5.64. The molecule has 0 aromatic heterocycles. The Bertz CT molecular complexity index is 56.9. The first kappa shape index (κ1) is 8.84. The molecule has 0 aliphatic heterocycles. The molecule has 0 heterocycles. The van der Waals surface area contributed by atoms with Gasteiger partial charge < -0.3 is 22.5 Å². The van der Waals surface area contributed by atoms with Gasteiger partial charge in [-0.25, -0.2) is 0 Å². The smallest absolute Gasteiger partial charge is 0.0290 e. The summed E-state index contributed by atoms with van der Waals surface area (Å²) >= 11 is 0. The lowest BCUT2D eigenvalue weighted by atomic mass is 10.3. The second kappa shape index (κ2) is 5.97. The van der Waals surface area contributed by atoms with Crippen molar-refractivity contribution in [2.24, 2.45) is 17.2 Å². The third kappa shape index (κ3) is 5.72. The Kier molecular flexibility index (Phi) is 5.86. The Morgan fingerprint density at radius 3 is 2.44 bits per heavy atom. The van der Waals surface area contributed by atoms with Crippen LogP contribution in [-0.4, -0.2) is 32.2 Å². The van der Waals surface area contributed by atoms with Crippen LogP contribution in [0.4, 0.5) is 0 Å². The molecule has 1 unspecified atom stereocenters. The molecule has 0 aromatic rings. The van der Waals surface area contributed by atoms with E-state index in [0.717, 1.165) is 13.1 Å². The van der Waals surface area contributed by atoms with Gasteiger partial charge in [-0.3, -0.25) is 0 Å². The molecule has 9 heavy (non-hydrogen) atoms. The molecule has 56 valence electrons. The fourth-order valence-corrected chi connectivity index (χ4v) is 0.473. The molecule has 0 bridgehead atoms. The first-order valence-electron chi connectivity index (χ1n) is 3.17. The largest absolute Gasteiger partial charge is 0.329 e. The number of nitrogens with two attached hydrogens (primary N) is 3. The minimum atomic E-state index is 0.0662. The molecule has 4 heteroatoms. The van der Waals surface area contributed by atoms with E-state index in [1.165, 1.54) is 0 Å². The van der Waals surface area contributed by atoms with Gasteiger partial charge in [-0.15, -0.1) is 0 Å². The van der Waals surface area contributed by atoms with Crippen LogP contribution in [0.3, 0.4) is 0 Å². The summed E-state index contributed by atoms with van der Waals surface area (Å²) in [5.41, 5.74) is 16.0. The Morgan fingerprint density at radius 2 is 2.00 bits per heavy atom. The maximum Gasteiger partial charge on any atom is 0.0290 e. The van der Waals surface area contributed by atoms with E-state index in [4.69, 9.17) is 17.2 Å². The topological polar surface area (TPSA) is 90.1 Å². The molecule has 0 fully saturated rings. The van der Waals surface area contributed by atoms with Crippen molar-refractivity contribution < 1.29 is 0 Å². The summed E-state index contributed by atoms with van der Waals surface area (Å²) in [6, 6.07) is 0.0662. The molecule has 0 rings (SSSR count). The molecule has 0 aliphatic carbocycles. The number of rotatable bonds is 5. The van der Waals surface area contributed by atoms with E-state index in [1.54, 1.807) is 0 Å². The SMILES string of the molecule is NCCNCC(N)CN. The van der Waals surface area contributed by atoms with Crippen molar-refractivity contribution in [3.63, 3.8) is 0 Å². The van der Waals surface area contributed by atoms with Crippen molar-refractivity contribution in [1.29, 1.82) is 0 Å². The predicted octanol–water partition coefficient (Wildman–Crippen LogP) is -2.18. The highest BCUT2D eigenvalue weighted by Gasteiger charge is 1.95. The molecular formula is C5H16N4. The molecule has 4 nitrogen and oxygen atoms in total. The van der Waals surface area contributed by atoms with Crippen LogP contribution in [0.1, 0.15) is 0 Å². The Hall–Kier alpha value is -0.160. The van der Waals surface area contributed by atoms with Crippen LogP contribution >= 0.6 is 0 Å². The van der Waals surface area contributed by atoms with Crippen molar-refractivity contribution >= 4 is 0 Å². The third-order valence-electron chi connectivity index (χ3n) is 1.03. The van der Waals surface area contributed by atoms with Crippen molar-refractivity contribution in [2.75, 3.05) is 26.2 Å². The second-order valence-electron chi connectivity index (χ2n) is 1.99. The quantitative estimate of drug-likeness (QED) is 0.320. The lowest BCUT2D eigenvalue weighted by Gasteiger charge is -2.08. The maximum absolute atomic E-state index is 5.49. The summed E-state index contributed by atoms with van der Waals surface area (Å²) in [6.07, 6.45) is 0. The minimum Gasteiger partial charge on any atom is -0.329 e. The monoisotopic (exact) mass is 132 g/mol. The van der Waals surface area contributed by atoms with Crippen molar-refractivity contribution in [2.45, 2.75) is 6.04 Å². The van der Waals surface area contributed by atoms with E-state index < -0.39 is 0 Å². The van der Waals surface area contributed by atoms with Crippen molar-refractivity contribution in [3.05, 3.63) is 0 Å². The van der Waals surface area contributed by atoms with Gasteiger partial charge in [0, 0.05) is 32.2 Å². The summed E-state index contributed by atoms with van der Waals surface area (Å²) < 4.78 is 0. The summed E-state index contributed by atoms with van der Waals surface area (Å²) in [4.78, 5) is 0. The Labute approximate surface area is 55.8 Å². The summed E-state index contributed by atoms with van der Waals surface area (Å²) in [7, 11) is 0. The average molecular weight is 132 g/mol.